The van der Waals surface area contributed by atoms with E-state index in [1.807, 2.05) is 4.90 Å². The number of amides is 4. The lowest BCUT2D eigenvalue weighted by atomic mass is 10.1. The maximum absolute atomic E-state index is 14.0. The quantitative estimate of drug-likeness (QED) is 0.748. The van der Waals surface area contributed by atoms with E-state index in [0.717, 1.165) is 0 Å². The van der Waals surface area contributed by atoms with Gasteiger partial charge in [0, 0.05) is 37.4 Å². The average Bonchev–Trinajstić information content (AvgIpc) is 2.98. The standard InChI is InChI=1S/C23H25FN4O3/c1-23(2,3)28-20(29)16-9-8-15(14-17(16)21(28)30)25-22(31)27-12-10-26(11-13-27)19-7-5-4-6-18(19)24/h4-9,14H,10-13H2,1-3H3,(H,25,31). The molecule has 0 radical (unpaired) electrons. The molecule has 0 bridgehead atoms. The number of rotatable bonds is 2. The van der Waals surface area contributed by atoms with E-state index >= 15 is 0 Å². The Morgan fingerprint density at radius 1 is 0.935 bits per heavy atom. The SMILES string of the molecule is CC(C)(C)N1C(=O)c2ccc(NC(=O)N3CCN(c4ccccc4F)CC3)cc2C1=O. The first-order chi connectivity index (χ1) is 14.7. The van der Waals surface area contributed by atoms with E-state index in [0.29, 0.717) is 48.7 Å². The molecule has 0 aromatic heterocycles. The number of para-hydroxylation sites is 1. The number of imide groups is 1. The van der Waals surface area contributed by atoms with Gasteiger partial charge in [-0.15, -0.1) is 0 Å². The second-order valence-corrected chi connectivity index (χ2v) is 8.73. The Morgan fingerprint density at radius 3 is 2.23 bits per heavy atom. The summed E-state index contributed by atoms with van der Waals surface area (Å²) >= 11 is 0. The summed E-state index contributed by atoms with van der Waals surface area (Å²) in [7, 11) is 0. The number of carbonyl (C=O) groups is 3. The fourth-order valence-electron chi connectivity index (χ4n) is 3.99. The van der Waals surface area contributed by atoms with Gasteiger partial charge in [0.2, 0.25) is 0 Å². The van der Waals surface area contributed by atoms with Gasteiger partial charge in [-0.1, -0.05) is 12.1 Å². The zero-order chi connectivity index (χ0) is 22.3. The van der Waals surface area contributed by atoms with E-state index in [1.54, 1.807) is 62.1 Å². The van der Waals surface area contributed by atoms with Crippen molar-refractivity contribution in [1.29, 1.82) is 0 Å². The highest BCUT2D eigenvalue weighted by Gasteiger charge is 2.42. The molecule has 0 saturated carbocycles. The Hall–Kier alpha value is -3.42. The molecular formula is C23H25FN4O3. The number of hydrogen-bond donors (Lipinski definition) is 1. The molecule has 2 aromatic rings. The van der Waals surface area contributed by atoms with E-state index in [2.05, 4.69) is 5.32 Å². The van der Waals surface area contributed by atoms with Crippen molar-refractivity contribution in [3.8, 4) is 0 Å². The highest BCUT2D eigenvalue weighted by Crippen LogP contribution is 2.31. The largest absolute Gasteiger partial charge is 0.366 e. The number of fused-ring (bicyclic) bond motifs is 1. The molecule has 0 atom stereocenters. The minimum Gasteiger partial charge on any atom is -0.366 e. The fraction of sp³-hybridized carbons (Fsp3) is 0.348. The van der Waals surface area contributed by atoms with Crippen LogP contribution in [-0.4, -0.2) is 59.4 Å². The first kappa shape index (κ1) is 20.8. The van der Waals surface area contributed by atoms with Crippen LogP contribution in [0.3, 0.4) is 0 Å². The molecule has 0 aliphatic carbocycles. The van der Waals surface area contributed by atoms with Crippen molar-refractivity contribution in [3.05, 3.63) is 59.4 Å². The summed E-state index contributed by atoms with van der Waals surface area (Å²) in [6.07, 6.45) is 0. The third-order valence-electron chi connectivity index (χ3n) is 5.57. The molecular weight excluding hydrogens is 399 g/mol. The number of piperazine rings is 1. The summed E-state index contributed by atoms with van der Waals surface area (Å²) in [6, 6.07) is 11.1. The van der Waals surface area contributed by atoms with Gasteiger partial charge in [-0.05, 0) is 51.1 Å². The van der Waals surface area contributed by atoms with Crippen LogP contribution in [0, 0.1) is 5.82 Å². The van der Waals surface area contributed by atoms with E-state index < -0.39 is 5.54 Å². The van der Waals surface area contributed by atoms with Gasteiger partial charge < -0.3 is 15.1 Å². The number of anilines is 2. The maximum atomic E-state index is 14.0. The van der Waals surface area contributed by atoms with E-state index in [1.165, 1.54) is 11.0 Å². The van der Waals surface area contributed by atoms with Crippen LogP contribution in [0.1, 0.15) is 41.5 Å². The number of nitrogens with zero attached hydrogens (tertiary/aromatic N) is 3. The van der Waals surface area contributed by atoms with E-state index in [4.69, 9.17) is 0 Å². The van der Waals surface area contributed by atoms with Crippen LogP contribution < -0.4 is 10.2 Å². The number of hydrogen-bond acceptors (Lipinski definition) is 4. The second kappa shape index (κ2) is 7.68. The number of nitrogens with one attached hydrogen (secondary N) is 1. The summed E-state index contributed by atoms with van der Waals surface area (Å²) < 4.78 is 14.0. The van der Waals surface area contributed by atoms with Gasteiger partial charge in [0.05, 0.1) is 16.8 Å². The van der Waals surface area contributed by atoms with Crippen molar-refractivity contribution >= 4 is 29.2 Å². The Balaban J connectivity index is 1.42. The normalized spacial score (nSPS) is 16.6. The summed E-state index contributed by atoms with van der Waals surface area (Å²) in [6.45, 7) is 7.34. The fourth-order valence-corrected chi connectivity index (χ4v) is 3.99. The molecule has 8 heteroatoms. The highest BCUT2D eigenvalue weighted by atomic mass is 19.1. The van der Waals surface area contributed by atoms with Crippen LogP contribution >= 0.6 is 0 Å². The predicted octanol–water partition coefficient (Wildman–Crippen LogP) is 3.57. The van der Waals surface area contributed by atoms with Crippen molar-refractivity contribution in [3.63, 3.8) is 0 Å². The molecule has 31 heavy (non-hydrogen) atoms. The van der Waals surface area contributed by atoms with Gasteiger partial charge in [-0.3, -0.25) is 14.5 Å². The van der Waals surface area contributed by atoms with Crippen LogP contribution in [0.4, 0.5) is 20.6 Å². The lowest BCUT2D eigenvalue weighted by Crippen LogP contribution is -2.50. The van der Waals surface area contributed by atoms with Crippen molar-refractivity contribution < 1.29 is 18.8 Å². The van der Waals surface area contributed by atoms with Gasteiger partial charge in [0.15, 0.2) is 0 Å². The van der Waals surface area contributed by atoms with Crippen molar-refractivity contribution in [2.45, 2.75) is 26.3 Å². The lowest BCUT2D eigenvalue weighted by molar-refractivity contribution is 0.0507. The number of urea groups is 1. The summed E-state index contributed by atoms with van der Waals surface area (Å²) in [4.78, 5) is 42.8. The lowest BCUT2D eigenvalue weighted by Gasteiger charge is -2.36. The Kier molecular flexibility index (Phi) is 5.16. The monoisotopic (exact) mass is 424 g/mol. The smallest absolute Gasteiger partial charge is 0.321 e. The molecule has 0 unspecified atom stereocenters. The first-order valence-electron chi connectivity index (χ1n) is 10.2. The van der Waals surface area contributed by atoms with Crippen molar-refractivity contribution in [2.75, 3.05) is 36.4 Å². The summed E-state index contributed by atoms with van der Waals surface area (Å²) in [5.41, 5.74) is 0.998. The van der Waals surface area contributed by atoms with Crippen LogP contribution in [0.15, 0.2) is 42.5 Å². The first-order valence-corrected chi connectivity index (χ1v) is 10.2. The minimum absolute atomic E-state index is 0.276. The van der Waals surface area contributed by atoms with Crippen LogP contribution in [0.5, 0.6) is 0 Å². The molecule has 2 aliphatic heterocycles. The van der Waals surface area contributed by atoms with Gasteiger partial charge in [0.1, 0.15) is 5.82 Å². The van der Waals surface area contributed by atoms with Gasteiger partial charge >= 0.3 is 6.03 Å². The van der Waals surface area contributed by atoms with Crippen LogP contribution in [0.25, 0.3) is 0 Å². The Morgan fingerprint density at radius 2 is 1.58 bits per heavy atom. The molecule has 4 rings (SSSR count). The summed E-state index contributed by atoms with van der Waals surface area (Å²) in [5, 5.41) is 2.81. The molecule has 162 valence electrons. The van der Waals surface area contributed by atoms with Crippen molar-refractivity contribution in [1.82, 2.24) is 9.80 Å². The molecule has 0 spiro atoms. The molecule has 1 N–H and O–H groups in total. The van der Waals surface area contributed by atoms with Gasteiger partial charge in [-0.25, -0.2) is 9.18 Å². The Labute approximate surface area is 180 Å². The second-order valence-electron chi connectivity index (χ2n) is 8.73. The maximum Gasteiger partial charge on any atom is 0.321 e. The minimum atomic E-state index is -0.630. The van der Waals surface area contributed by atoms with E-state index in [9.17, 15) is 18.8 Å². The number of benzene rings is 2. The number of halogens is 1. The third kappa shape index (κ3) is 3.85. The molecule has 1 saturated heterocycles. The Bertz CT molecular complexity index is 1060. The van der Waals surface area contributed by atoms with Gasteiger partial charge in [-0.2, -0.15) is 0 Å². The molecule has 1 fully saturated rings. The zero-order valence-corrected chi connectivity index (χ0v) is 17.8. The van der Waals surface area contributed by atoms with Crippen LogP contribution in [0.2, 0.25) is 0 Å². The number of carbonyl (C=O) groups excluding carboxylic acids is 3. The predicted molar refractivity (Wildman–Crippen MR) is 116 cm³/mol. The van der Waals surface area contributed by atoms with E-state index in [-0.39, 0.29) is 23.7 Å². The average molecular weight is 424 g/mol. The molecule has 4 amide bonds. The zero-order valence-electron chi connectivity index (χ0n) is 17.8. The third-order valence-corrected chi connectivity index (χ3v) is 5.57. The molecule has 2 aromatic carbocycles. The molecule has 2 heterocycles. The molecule has 2 aliphatic rings. The van der Waals surface area contributed by atoms with Crippen LogP contribution in [-0.2, 0) is 0 Å². The summed E-state index contributed by atoms with van der Waals surface area (Å²) in [5.74, 6) is -0.959. The van der Waals surface area contributed by atoms with Gasteiger partial charge in [0.25, 0.3) is 11.8 Å². The highest BCUT2D eigenvalue weighted by molar-refractivity contribution is 6.22. The topological polar surface area (TPSA) is 73.0 Å². The molecule has 7 nitrogen and oxygen atoms in total. The van der Waals surface area contributed by atoms with Crippen molar-refractivity contribution in [2.24, 2.45) is 0 Å².